The molecule has 0 saturated heterocycles. The first kappa shape index (κ1) is 13.1. The minimum absolute atomic E-state index is 0.557. The van der Waals surface area contributed by atoms with Crippen LogP contribution in [0.5, 0.6) is 0 Å². The van der Waals surface area contributed by atoms with Gasteiger partial charge in [-0.2, -0.15) is 0 Å². The van der Waals surface area contributed by atoms with Crippen LogP contribution in [-0.4, -0.2) is 18.1 Å². The van der Waals surface area contributed by atoms with Crippen LogP contribution < -0.4 is 10.6 Å². The lowest BCUT2D eigenvalue weighted by Gasteiger charge is -2.19. The number of hydrogen-bond acceptors (Lipinski definition) is 3. The standard InChI is InChI=1S/C17H21N3/c1-13-6-7-15(19-10-13)12-20-11-14(8-9-18)16-4-2-3-5-17(16)20/h2-7,10,14H,8-9,11-12,18H2,1H3. The highest BCUT2D eigenvalue weighted by Gasteiger charge is 2.27. The molecule has 1 aromatic carbocycles. The zero-order chi connectivity index (χ0) is 13.9. The molecule has 3 heteroatoms. The lowest BCUT2D eigenvalue weighted by molar-refractivity contribution is 0.641. The molecule has 0 fully saturated rings. The molecule has 104 valence electrons. The Morgan fingerprint density at radius 1 is 1.25 bits per heavy atom. The van der Waals surface area contributed by atoms with Crippen LogP contribution >= 0.6 is 0 Å². The Morgan fingerprint density at radius 2 is 2.10 bits per heavy atom. The SMILES string of the molecule is Cc1ccc(CN2CC(CCN)c3ccccc32)nc1. The summed E-state index contributed by atoms with van der Waals surface area (Å²) in [6.07, 6.45) is 2.99. The highest BCUT2D eigenvalue weighted by atomic mass is 15.2. The number of pyridine rings is 1. The molecule has 20 heavy (non-hydrogen) atoms. The smallest absolute Gasteiger partial charge is 0.0602 e. The maximum atomic E-state index is 5.75. The summed E-state index contributed by atoms with van der Waals surface area (Å²) >= 11 is 0. The summed E-state index contributed by atoms with van der Waals surface area (Å²) in [6.45, 7) is 4.74. The Hall–Kier alpha value is -1.87. The number of benzene rings is 1. The predicted molar refractivity (Wildman–Crippen MR) is 82.9 cm³/mol. The van der Waals surface area contributed by atoms with Crippen molar-refractivity contribution in [3.8, 4) is 0 Å². The number of anilines is 1. The van der Waals surface area contributed by atoms with Gasteiger partial charge < -0.3 is 10.6 Å². The summed E-state index contributed by atoms with van der Waals surface area (Å²) in [7, 11) is 0. The molecule has 2 heterocycles. The van der Waals surface area contributed by atoms with E-state index in [1.165, 1.54) is 16.8 Å². The van der Waals surface area contributed by atoms with E-state index in [-0.39, 0.29) is 0 Å². The number of para-hydroxylation sites is 1. The van der Waals surface area contributed by atoms with Crippen LogP contribution in [0.15, 0.2) is 42.6 Å². The van der Waals surface area contributed by atoms with Crippen LogP contribution in [-0.2, 0) is 6.54 Å². The van der Waals surface area contributed by atoms with Crippen LogP contribution in [0.1, 0.15) is 29.2 Å². The number of nitrogens with zero attached hydrogens (tertiary/aromatic N) is 2. The first-order valence-corrected chi connectivity index (χ1v) is 7.23. The Balaban J connectivity index is 1.82. The van der Waals surface area contributed by atoms with Crippen molar-refractivity contribution in [3.05, 3.63) is 59.4 Å². The molecule has 3 nitrogen and oxygen atoms in total. The van der Waals surface area contributed by atoms with E-state index >= 15 is 0 Å². The van der Waals surface area contributed by atoms with E-state index in [9.17, 15) is 0 Å². The lowest BCUT2D eigenvalue weighted by atomic mass is 9.98. The molecule has 0 amide bonds. The Bertz CT molecular complexity index is 577. The average molecular weight is 267 g/mol. The van der Waals surface area contributed by atoms with Crippen LogP contribution in [0.2, 0.25) is 0 Å². The Labute approximate surface area is 120 Å². The van der Waals surface area contributed by atoms with E-state index < -0.39 is 0 Å². The first-order chi connectivity index (χ1) is 9.78. The first-order valence-electron chi connectivity index (χ1n) is 7.23. The molecule has 2 N–H and O–H groups in total. The summed E-state index contributed by atoms with van der Waals surface area (Å²) < 4.78 is 0. The lowest BCUT2D eigenvalue weighted by Crippen LogP contribution is -2.22. The molecule has 0 saturated carbocycles. The fourth-order valence-corrected chi connectivity index (χ4v) is 2.97. The number of hydrogen-bond donors (Lipinski definition) is 1. The Kier molecular flexibility index (Phi) is 3.70. The van der Waals surface area contributed by atoms with E-state index in [0.29, 0.717) is 5.92 Å². The van der Waals surface area contributed by atoms with Gasteiger partial charge in [-0.15, -0.1) is 0 Å². The van der Waals surface area contributed by atoms with Gasteiger partial charge in [0.2, 0.25) is 0 Å². The van der Waals surface area contributed by atoms with E-state index in [1.54, 1.807) is 0 Å². The van der Waals surface area contributed by atoms with Crippen LogP contribution in [0, 0.1) is 6.92 Å². The van der Waals surface area contributed by atoms with Gasteiger partial charge in [0.15, 0.2) is 0 Å². The highest BCUT2D eigenvalue weighted by molar-refractivity contribution is 5.60. The topological polar surface area (TPSA) is 42.1 Å². The van der Waals surface area contributed by atoms with E-state index in [2.05, 4.69) is 53.2 Å². The minimum atomic E-state index is 0.557. The maximum absolute atomic E-state index is 5.75. The highest BCUT2D eigenvalue weighted by Crippen LogP contribution is 2.38. The van der Waals surface area contributed by atoms with Crippen molar-refractivity contribution in [2.24, 2.45) is 5.73 Å². The van der Waals surface area contributed by atoms with Crippen molar-refractivity contribution in [2.45, 2.75) is 25.8 Å². The summed E-state index contributed by atoms with van der Waals surface area (Å²) in [5.74, 6) is 0.557. The molecule has 0 spiro atoms. The van der Waals surface area contributed by atoms with Crippen molar-refractivity contribution >= 4 is 5.69 Å². The third-order valence-electron chi connectivity index (χ3n) is 4.00. The molecule has 2 aromatic rings. The second kappa shape index (κ2) is 5.63. The van der Waals surface area contributed by atoms with Crippen molar-refractivity contribution in [3.63, 3.8) is 0 Å². The number of fused-ring (bicyclic) bond motifs is 1. The molecular weight excluding hydrogens is 246 g/mol. The van der Waals surface area contributed by atoms with Crippen LogP contribution in [0.3, 0.4) is 0 Å². The second-order valence-corrected chi connectivity index (χ2v) is 5.54. The van der Waals surface area contributed by atoms with Gasteiger partial charge in [0.25, 0.3) is 0 Å². The van der Waals surface area contributed by atoms with Gasteiger partial charge in [0.05, 0.1) is 12.2 Å². The van der Waals surface area contributed by atoms with E-state index in [4.69, 9.17) is 5.73 Å². The van der Waals surface area contributed by atoms with Crippen molar-refractivity contribution in [1.82, 2.24) is 4.98 Å². The zero-order valence-electron chi connectivity index (χ0n) is 11.9. The Morgan fingerprint density at radius 3 is 2.85 bits per heavy atom. The molecule has 1 aliphatic rings. The molecular formula is C17H21N3. The van der Waals surface area contributed by atoms with Gasteiger partial charge in [-0.1, -0.05) is 24.3 Å². The normalized spacial score (nSPS) is 17.3. The third-order valence-corrected chi connectivity index (χ3v) is 4.00. The van der Waals surface area contributed by atoms with E-state index in [0.717, 1.165) is 31.7 Å². The molecule has 3 rings (SSSR count). The largest absolute Gasteiger partial charge is 0.365 e. The fourth-order valence-electron chi connectivity index (χ4n) is 2.97. The van der Waals surface area contributed by atoms with Gasteiger partial charge in [-0.3, -0.25) is 4.98 Å². The number of rotatable bonds is 4. The van der Waals surface area contributed by atoms with Gasteiger partial charge in [-0.05, 0) is 43.1 Å². The molecule has 0 radical (unpaired) electrons. The van der Waals surface area contributed by atoms with Crippen LogP contribution in [0.4, 0.5) is 5.69 Å². The summed E-state index contributed by atoms with van der Waals surface area (Å²) in [4.78, 5) is 6.94. The predicted octanol–water partition coefficient (Wildman–Crippen LogP) is 2.84. The van der Waals surface area contributed by atoms with Crippen molar-refractivity contribution in [1.29, 1.82) is 0 Å². The summed E-state index contributed by atoms with van der Waals surface area (Å²) in [5.41, 5.74) is 10.9. The molecule has 1 aliphatic heterocycles. The molecule has 1 unspecified atom stereocenters. The van der Waals surface area contributed by atoms with Gasteiger partial charge in [-0.25, -0.2) is 0 Å². The average Bonchev–Trinajstić information content (AvgIpc) is 2.81. The van der Waals surface area contributed by atoms with Crippen molar-refractivity contribution < 1.29 is 0 Å². The molecule has 1 aromatic heterocycles. The van der Waals surface area contributed by atoms with Gasteiger partial charge in [0, 0.05) is 24.3 Å². The quantitative estimate of drug-likeness (QED) is 0.926. The second-order valence-electron chi connectivity index (χ2n) is 5.54. The summed E-state index contributed by atoms with van der Waals surface area (Å²) in [5, 5.41) is 0. The zero-order valence-corrected chi connectivity index (χ0v) is 11.9. The molecule has 1 atom stereocenters. The van der Waals surface area contributed by atoms with Crippen molar-refractivity contribution in [2.75, 3.05) is 18.0 Å². The number of aromatic nitrogens is 1. The van der Waals surface area contributed by atoms with Gasteiger partial charge in [0.1, 0.15) is 0 Å². The van der Waals surface area contributed by atoms with E-state index in [1.807, 2.05) is 6.20 Å². The maximum Gasteiger partial charge on any atom is 0.0602 e. The fraction of sp³-hybridized carbons (Fsp3) is 0.353. The number of nitrogens with two attached hydrogens (primary N) is 1. The number of aryl methyl sites for hydroxylation is 1. The third kappa shape index (κ3) is 2.54. The monoisotopic (exact) mass is 267 g/mol. The van der Waals surface area contributed by atoms with Gasteiger partial charge >= 0.3 is 0 Å². The molecule has 0 bridgehead atoms. The molecule has 0 aliphatic carbocycles. The summed E-state index contributed by atoms with van der Waals surface area (Å²) in [6, 6.07) is 12.9. The minimum Gasteiger partial charge on any atom is -0.365 e. The van der Waals surface area contributed by atoms with Crippen LogP contribution in [0.25, 0.3) is 0 Å².